The van der Waals surface area contributed by atoms with Crippen LogP contribution in [-0.2, 0) is 4.74 Å². The molecule has 0 radical (unpaired) electrons. The summed E-state index contributed by atoms with van der Waals surface area (Å²) in [6.07, 6.45) is -0.327. The van der Waals surface area contributed by atoms with Gasteiger partial charge in [0.25, 0.3) is 0 Å². The van der Waals surface area contributed by atoms with E-state index in [-0.39, 0.29) is 12.1 Å². The number of piperazine rings is 1. The molecule has 1 saturated heterocycles. The van der Waals surface area contributed by atoms with Crippen molar-refractivity contribution >= 4 is 28.1 Å². The van der Waals surface area contributed by atoms with Crippen LogP contribution in [0.25, 0.3) is 0 Å². The lowest BCUT2D eigenvalue weighted by Crippen LogP contribution is -2.54. The summed E-state index contributed by atoms with van der Waals surface area (Å²) >= 11 is 3.19. The number of nitrogens with zero attached hydrogens (tertiary/aromatic N) is 2. The predicted octanol–water partition coefficient (Wildman–Crippen LogP) is 2.16. The van der Waals surface area contributed by atoms with Crippen LogP contribution in [0.2, 0.25) is 0 Å². The van der Waals surface area contributed by atoms with Crippen LogP contribution < -0.4 is 5.32 Å². The second kappa shape index (κ2) is 6.97. The summed E-state index contributed by atoms with van der Waals surface area (Å²) in [6.45, 7) is 11.5. The second-order valence-electron chi connectivity index (χ2n) is 5.63. The molecule has 1 aliphatic heterocycles. The molecule has 1 heterocycles. The first-order chi connectivity index (χ1) is 9.19. The largest absolute Gasteiger partial charge is 0.444 e. The van der Waals surface area contributed by atoms with E-state index in [9.17, 15) is 9.59 Å². The van der Waals surface area contributed by atoms with Crippen molar-refractivity contribution in [3.05, 3.63) is 11.1 Å². The van der Waals surface area contributed by atoms with Gasteiger partial charge < -0.3 is 19.9 Å². The molecule has 1 N–H and O–H groups in total. The van der Waals surface area contributed by atoms with E-state index < -0.39 is 5.60 Å². The van der Waals surface area contributed by atoms with E-state index in [1.807, 2.05) is 20.8 Å². The number of halogens is 1. The van der Waals surface area contributed by atoms with Crippen molar-refractivity contribution in [2.24, 2.45) is 0 Å². The maximum atomic E-state index is 11.9. The van der Waals surface area contributed by atoms with E-state index >= 15 is 0 Å². The van der Waals surface area contributed by atoms with Gasteiger partial charge >= 0.3 is 12.1 Å². The third-order valence-electron chi connectivity index (χ3n) is 2.65. The standard InChI is InChI=1S/C13H22BrN3O3/c1-10(14)9-15-11(18)16-5-7-17(8-6-16)12(19)20-13(2,3)4/h1,5-9H2,2-4H3,(H,15,18). The minimum Gasteiger partial charge on any atom is -0.444 e. The molecule has 0 aromatic rings. The van der Waals surface area contributed by atoms with Crippen molar-refractivity contribution in [2.75, 3.05) is 32.7 Å². The van der Waals surface area contributed by atoms with E-state index in [0.29, 0.717) is 32.7 Å². The van der Waals surface area contributed by atoms with Crippen LogP contribution in [0, 0.1) is 0 Å². The monoisotopic (exact) mass is 347 g/mol. The molecule has 0 aliphatic carbocycles. The number of rotatable bonds is 2. The van der Waals surface area contributed by atoms with Crippen LogP contribution in [0.5, 0.6) is 0 Å². The number of amides is 3. The van der Waals surface area contributed by atoms with E-state index in [4.69, 9.17) is 4.74 Å². The van der Waals surface area contributed by atoms with Gasteiger partial charge in [0, 0.05) is 30.7 Å². The first-order valence-electron chi connectivity index (χ1n) is 6.53. The number of ether oxygens (including phenoxy) is 1. The Morgan fingerprint density at radius 2 is 1.70 bits per heavy atom. The fourth-order valence-corrected chi connectivity index (χ4v) is 1.84. The zero-order valence-electron chi connectivity index (χ0n) is 12.2. The highest BCUT2D eigenvalue weighted by molar-refractivity contribution is 9.11. The lowest BCUT2D eigenvalue weighted by molar-refractivity contribution is 0.0170. The molecule has 114 valence electrons. The van der Waals surface area contributed by atoms with E-state index in [0.717, 1.165) is 4.48 Å². The van der Waals surface area contributed by atoms with E-state index in [2.05, 4.69) is 27.8 Å². The number of nitrogens with one attached hydrogen (secondary N) is 1. The highest BCUT2D eigenvalue weighted by atomic mass is 79.9. The molecule has 1 fully saturated rings. The molecule has 3 amide bonds. The minimum absolute atomic E-state index is 0.144. The zero-order valence-corrected chi connectivity index (χ0v) is 13.8. The Morgan fingerprint density at radius 1 is 1.20 bits per heavy atom. The second-order valence-corrected chi connectivity index (χ2v) is 6.75. The molecule has 7 heteroatoms. The van der Waals surface area contributed by atoms with Gasteiger partial charge in [0.15, 0.2) is 0 Å². The summed E-state index contributed by atoms with van der Waals surface area (Å²) in [5.74, 6) is 0. The maximum absolute atomic E-state index is 11.9. The summed E-state index contributed by atoms with van der Waals surface area (Å²) in [4.78, 5) is 27.0. The highest BCUT2D eigenvalue weighted by Gasteiger charge is 2.27. The zero-order chi connectivity index (χ0) is 15.3. The van der Waals surface area contributed by atoms with Crippen molar-refractivity contribution in [3.8, 4) is 0 Å². The number of hydrogen-bond donors (Lipinski definition) is 1. The average Bonchev–Trinajstić information content (AvgIpc) is 2.34. The third-order valence-corrected chi connectivity index (χ3v) is 2.93. The topological polar surface area (TPSA) is 61.9 Å². The van der Waals surface area contributed by atoms with Crippen LogP contribution in [0.1, 0.15) is 20.8 Å². The van der Waals surface area contributed by atoms with Gasteiger partial charge in [-0.1, -0.05) is 22.5 Å². The van der Waals surface area contributed by atoms with Crippen LogP contribution in [0.4, 0.5) is 9.59 Å². The van der Waals surface area contributed by atoms with Gasteiger partial charge in [-0.3, -0.25) is 0 Å². The van der Waals surface area contributed by atoms with Crippen molar-refractivity contribution in [1.82, 2.24) is 15.1 Å². The van der Waals surface area contributed by atoms with Gasteiger partial charge in [-0.2, -0.15) is 0 Å². The van der Waals surface area contributed by atoms with Crippen molar-refractivity contribution < 1.29 is 14.3 Å². The number of urea groups is 1. The van der Waals surface area contributed by atoms with E-state index in [1.165, 1.54) is 0 Å². The van der Waals surface area contributed by atoms with Gasteiger partial charge in [0.2, 0.25) is 0 Å². The molecule has 0 saturated carbocycles. The highest BCUT2D eigenvalue weighted by Crippen LogP contribution is 2.12. The molecule has 0 unspecified atom stereocenters. The number of carbonyl (C=O) groups is 2. The van der Waals surface area contributed by atoms with Gasteiger partial charge in [0.05, 0.1) is 6.54 Å². The summed E-state index contributed by atoms with van der Waals surface area (Å²) in [7, 11) is 0. The summed E-state index contributed by atoms with van der Waals surface area (Å²) in [5, 5.41) is 2.74. The molecule has 0 aromatic carbocycles. The first kappa shape index (κ1) is 16.8. The van der Waals surface area contributed by atoms with Crippen LogP contribution in [0.3, 0.4) is 0 Å². The minimum atomic E-state index is -0.498. The van der Waals surface area contributed by atoms with Gasteiger partial charge in [0.1, 0.15) is 5.60 Å². The van der Waals surface area contributed by atoms with Crippen LogP contribution in [-0.4, -0.2) is 60.2 Å². The molecule has 1 aliphatic rings. The summed E-state index contributed by atoms with van der Waals surface area (Å²) in [6, 6.07) is -0.144. The lowest BCUT2D eigenvalue weighted by Gasteiger charge is -2.35. The molecule has 0 atom stereocenters. The Morgan fingerprint density at radius 3 is 2.15 bits per heavy atom. The third kappa shape index (κ3) is 5.81. The normalized spacial score (nSPS) is 15.8. The van der Waals surface area contributed by atoms with E-state index in [1.54, 1.807) is 9.80 Å². The maximum Gasteiger partial charge on any atom is 0.410 e. The quantitative estimate of drug-likeness (QED) is 0.832. The molecular formula is C13H22BrN3O3. The SMILES string of the molecule is C=C(Br)CNC(=O)N1CCN(C(=O)OC(C)(C)C)CC1. The Bertz CT molecular complexity index is 385. The predicted molar refractivity (Wildman–Crippen MR) is 80.8 cm³/mol. The first-order valence-corrected chi connectivity index (χ1v) is 7.32. The molecule has 0 aromatic heterocycles. The molecule has 6 nitrogen and oxygen atoms in total. The molecule has 0 bridgehead atoms. The van der Waals surface area contributed by atoms with Crippen molar-refractivity contribution in [2.45, 2.75) is 26.4 Å². The van der Waals surface area contributed by atoms with Crippen LogP contribution >= 0.6 is 15.9 Å². The van der Waals surface area contributed by atoms with Gasteiger partial charge in [-0.05, 0) is 20.8 Å². The lowest BCUT2D eigenvalue weighted by atomic mass is 10.2. The molecule has 1 rings (SSSR count). The number of hydrogen-bond acceptors (Lipinski definition) is 3. The van der Waals surface area contributed by atoms with Gasteiger partial charge in [-0.15, -0.1) is 0 Å². The molecule has 0 spiro atoms. The Kier molecular flexibility index (Phi) is 5.86. The van der Waals surface area contributed by atoms with Crippen molar-refractivity contribution in [3.63, 3.8) is 0 Å². The summed E-state index contributed by atoms with van der Waals surface area (Å²) < 4.78 is 6.02. The van der Waals surface area contributed by atoms with Crippen molar-refractivity contribution in [1.29, 1.82) is 0 Å². The molecule has 20 heavy (non-hydrogen) atoms. The number of carbonyl (C=O) groups excluding carboxylic acids is 2. The average molecular weight is 348 g/mol. The fraction of sp³-hybridized carbons (Fsp3) is 0.692. The molecular weight excluding hydrogens is 326 g/mol. The fourth-order valence-electron chi connectivity index (χ4n) is 1.70. The Labute approximate surface area is 128 Å². The Hall–Kier alpha value is -1.24. The Balaban J connectivity index is 2.38. The van der Waals surface area contributed by atoms with Gasteiger partial charge in [-0.25, -0.2) is 9.59 Å². The smallest absolute Gasteiger partial charge is 0.410 e. The summed E-state index contributed by atoms with van der Waals surface area (Å²) in [5.41, 5.74) is -0.498. The van der Waals surface area contributed by atoms with Crippen LogP contribution in [0.15, 0.2) is 11.1 Å².